The Morgan fingerprint density at radius 1 is 1.50 bits per heavy atom. The van der Waals surface area contributed by atoms with Crippen LogP contribution in [0.5, 0.6) is 0 Å². The lowest BCUT2D eigenvalue weighted by Crippen LogP contribution is -1.98. The summed E-state index contributed by atoms with van der Waals surface area (Å²) in [6.07, 6.45) is 0.545. The van der Waals surface area contributed by atoms with Crippen LogP contribution >= 0.6 is 0 Å². The Kier molecular flexibility index (Phi) is 2.48. The number of carbonyl (C=O) groups is 1. The Bertz CT molecular complexity index is 305. The van der Waals surface area contributed by atoms with Gasteiger partial charge in [-0.15, -0.1) is 0 Å². The van der Waals surface area contributed by atoms with Crippen molar-refractivity contribution in [1.29, 1.82) is 0 Å². The number of carbonyl (C=O) groups excluding carboxylic acids is 1. The van der Waals surface area contributed by atoms with Gasteiger partial charge in [0.1, 0.15) is 0 Å². The molecule has 0 aromatic heterocycles. The Labute approximate surface area is 72.4 Å². The van der Waals surface area contributed by atoms with E-state index in [1.807, 2.05) is 19.9 Å². The van der Waals surface area contributed by atoms with Crippen molar-refractivity contribution in [1.82, 2.24) is 0 Å². The van der Waals surface area contributed by atoms with E-state index in [0.717, 1.165) is 16.8 Å². The highest BCUT2D eigenvalue weighted by molar-refractivity contribution is 5.96. The lowest BCUT2D eigenvalue weighted by atomic mass is 10.1. The van der Waals surface area contributed by atoms with Crippen molar-refractivity contribution in [2.24, 2.45) is 0 Å². The van der Waals surface area contributed by atoms with Gasteiger partial charge in [-0.25, -0.2) is 0 Å². The quantitative estimate of drug-likeness (QED) is 0.536. The average molecular weight is 163 g/mol. The molecule has 2 heteroatoms. The summed E-state index contributed by atoms with van der Waals surface area (Å²) in [5, 5.41) is 0. The highest BCUT2D eigenvalue weighted by Crippen LogP contribution is 2.13. The molecule has 0 fully saturated rings. The van der Waals surface area contributed by atoms with Crippen LogP contribution in [0.1, 0.15) is 29.3 Å². The number of hydrogen-bond donors (Lipinski definition) is 1. The normalized spacial score (nSPS) is 9.83. The van der Waals surface area contributed by atoms with Crippen LogP contribution in [-0.2, 0) is 0 Å². The largest absolute Gasteiger partial charge is 0.399 e. The SMILES string of the molecule is CCC(=O)c1ccc(N)c(C)c1. The van der Waals surface area contributed by atoms with E-state index in [2.05, 4.69) is 0 Å². The van der Waals surface area contributed by atoms with Gasteiger partial charge < -0.3 is 5.73 Å². The molecule has 0 saturated carbocycles. The minimum Gasteiger partial charge on any atom is -0.399 e. The number of ketones is 1. The van der Waals surface area contributed by atoms with Crippen LogP contribution in [0.2, 0.25) is 0 Å². The number of anilines is 1. The van der Waals surface area contributed by atoms with E-state index in [1.165, 1.54) is 0 Å². The van der Waals surface area contributed by atoms with E-state index in [-0.39, 0.29) is 5.78 Å². The zero-order valence-corrected chi connectivity index (χ0v) is 7.42. The van der Waals surface area contributed by atoms with Crippen molar-refractivity contribution >= 4 is 11.5 Å². The van der Waals surface area contributed by atoms with Crippen molar-refractivity contribution < 1.29 is 4.79 Å². The molecule has 1 rings (SSSR count). The number of hydrogen-bond acceptors (Lipinski definition) is 2. The van der Waals surface area contributed by atoms with E-state index in [1.54, 1.807) is 12.1 Å². The lowest BCUT2D eigenvalue weighted by molar-refractivity contribution is 0.0988. The predicted octanol–water partition coefficient (Wildman–Crippen LogP) is 2.17. The molecule has 0 amide bonds. The second-order valence-electron chi connectivity index (χ2n) is 2.85. The summed E-state index contributed by atoms with van der Waals surface area (Å²) in [6.45, 7) is 3.76. The predicted molar refractivity (Wildman–Crippen MR) is 50.2 cm³/mol. The highest BCUT2D eigenvalue weighted by atomic mass is 16.1. The molecule has 0 saturated heterocycles. The third-order valence-electron chi connectivity index (χ3n) is 1.91. The number of nitrogen functional groups attached to an aromatic ring is 1. The Morgan fingerprint density at radius 2 is 2.17 bits per heavy atom. The minimum atomic E-state index is 0.165. The van der Waals surface area contributed by atoms with Gasteiger partial charge in [-0.05, 0) is 30.7 Å². The molecular weight excluding hydrogens is 150 g/mol. The second kappa shape index (κ2) is 3.39. The molecule has 0 heterocycles. The number of benzene rings is 1. The summed E-state index contributed by atoms with van der Waals surface area (Å²) in [6, 6.07) is 5.38. The Morgan fingerprint density at radius 3 is 2.67 bits per heavy atom. The molecule has 64 valence electrons. The molecule has 0 aliphatic carbocycles. The summed E-state index contributed by atoms with van der Waals surface area (Å²) in [5.74, 6) is 0.165. The van der Waals surface area contributed by atoms with Crippen molar-refractivity contribution in [3.8, 4) is 0 Å². The number of aryl methyl sites for hydroxylation is 1. The molecule has 0 aliphatic rings. The van der Waals surface area contributed by atoms with E-state index < -0.39 is 0 Å². The van der Waals surface area contributed by atoms with Gasteiger partial charge in [-0.3, -0.25) is 4.79 Å². The van der Waals surface area contributed by atoms with Gasteiger partial charge in [-0.1, -0.05) is 6.92 Å². The van der Waals surface area contributed by atoms with Crippen molar-refractivity contribution in [2.45, 2.75) is 20.3 Å². The first-order chi connectivity index (χ1) is 5.65. The first-order valence-corrected chi connectivity index (χ1v) is 4.04. The van der Waals surface area contributed by atoms with Gasteiger partial charge in [0.25, 0.3) is 0 Å². The van der Waals surface area contributed by atoms with E-state index in [0.29, 0.717) is 6.42 Å². The fourth-order valence-corrected chi connectivity index (χ4v) is 1.05. The highest BCUT2D eigenvalue weighted by Gasteiger charge is 2.03. The Hall–Kier alpha value is -1.31. The van der Waals surface area contributed by atoms with Crippen LogP contribution in [0.4, 0.5) is 5.69 Å². The third-order valence-corrected chi connectivity index (χ3v) is 1.91. The van der Waals surface area contributed by atoms with Crippen LogP contribution in [0.25, 0.3) is 0 Å². The van der Waals surface area contributed by atoms with Gasteiger partial charge in [0.05, 0.1) is 0 Å². The minimum absolute atomic E-state index is 0.165. The number of rotatable bonds is 2. The van der Waals surface area contributed by atoms with Gasteiger partial charge >= 0.3 is 0 Å². The van der Waals surface area contributed by atoms with Gasteiger partial charge in [-0.2, -0.15) is 0 Å². The van der Waals surface area contributed by atoms with E-state index in [9.17, 15) is 4.79 Å². The summed E-state index contributed by atoms with van der Waals surface area (Å²) >= 11 is 0. The van der Waals surface area contributed by atoms with Crippen molar-refractivity contribution in [3.05, 3.63) is 29.3 Å². The monoisotopic (exact) mass is 163 g/mol. The maximum Gasteiger partial charge on any atom is 0.162 e. The van der Waals surface area contributed by atoms with E-state index in [4.69, 9.17) is 5.73 Å². The summed E-state index contributed by atoms with van der Waals surface area (Å²) < 4.78 is 0. The molecule has 1 aromatic carbocycles. The molecule has 2 N–H and O–H groups in total. The zero-order valence-electron chi connectivity index (χ0n) is 7.42. The van der Waals surface area contributed by atoms with Gasteiger partial charge in [0.2, 0.25) is 0 Å². The molecule has 0 unspecified atom stereocenters. The molecule has 0 spiro atoms. The van der Waals surface area contributed by atoms with Crippen LogP contribution in [0.3, 0.4) is 0 Å². The third kappa shape index (κ3) is 1.64. The Balaban J connectivity index is 3.05. The molecule has 0 atom stereocenters. The maximum absolute atomic E-state index is 11.2. The molecule has 12 heavy (non-hydrogen) atoms. The van der Waals surface area contributed by atoms with Gasteiger partial charge in [0.15, 0.2) is 5.78 Å². The first-order valence-electron chi connectivity index (χ1n) is 4.04. The standard InChI is InChI=1S/C10H13NO/c1-3-10(12)8-4-5-9(11)7(2)6-8/h4-6H,3,11H2,1-2H3. The van der Waals surface area contributed by atoms with Crippen LogP contribution < -0.4 is 5.73 Å². The summed E-state index contributed by atoms with van der Waals surface area (Å²) in [5.41, 5.74) is 8.08. The zero-order chi connectivity index (χ0) is 9.14. The lowest BCUT2D eigenvalue weighted by Gasteiger charge is -2.02. The molecule has 0 aliphatic heterocycles. The first kappa shape index (κ1) is 8.78. The van der Waals surface area contributed by atoms with E-state index >= 15 is 0 Å². The molecule has 0 bridgehead atoms. The molecule has 2 nitrogen and oxygen atoms in total. The maximum atomic E-state index is 11.2. The smallest absolute Gasteiger partial charge is 0.162 e. The van der Waals surface area contributed by atoms with Crippen molar-refractivity contribution in [3.63, 3.8) is 0 Å². The molecule has 0 radical (unpaired) electrons. The fraction of sp³-hybridized carbons (Fsp3) is 0.300. The second-order valence-corrected chi connectivity index (χ2v) is 2.85. The average Bonchev–Trinajstić information content (AvgIpc) is 2.08. The van der Waals surface area contributed by atoms with Crippen LogP contribution in [0.15, 0.2) is 18.2 Å². The van der Waals surface area contributed by atoms with Crippen molar-refractivity contribution in [2.75, 3.05) is 5.73 Å². The number of nitrogens with two attached hydrogens (primary N) is 1. The number of Topliss-reactive ketones (excluding diaryl/α,β-unsaturated/α-hetero) is 1. The van der Waals surface area contributed by atoms with Gasteiger partial charge in [0, 0.05) is 17.7 Å². The summed E-state index contributed by atoms with van der Waals surface area (Å²) in [4.78, 5) is 11.2. The summed E-state index contributed by atoms with van der Waals surface area (Å²) in [7, 11) is 0. The topological polar surface area (TPSA) is 43.1 Å². The molecular formula is C10H13NO. The fourth-order valence-electron chi connectivity index (χ4n) is 1.05. The molecule has 1 aromatic rings. The van der Waals surface area contributed by atoms with Crippen LogP contribution in [0, 0.1) is 6.92 Å². The van der Waals surface area contributed by atoms with Crippen LogP contribution in [-0.4, -0.2) is 5.78 Å².